The quantitative estimate of drug-likeness (QED) is 0.799. The molecule has 0 saturated carbocycles. The van der Waals surface area contributed by atoms with Crippen LogP contribution >= 0.6 is 0 Å². The molecule has 2 heterocycles. The lowest BCUT2D eigenvalue weighted by molar-refractivity contribution is 0.00578. The summed E-state index contributed by atoms with van der Waals surface area (Å²) in [5.41, 5.74) is 2.73. The fraction of sp³-hybridized carbons (Fsp3) is 0.600. The number of fused-ring (bicyclic) bond motifs is 1. The summed E-state index contributed by atoms with van der Waals surface area (Å²) in [5.74, 6) is 0. The van der Waals surface area contributed by atoms with Crippen LogP contribution in [-0.4, -0.2) is 36.1 Å². The first-order valence-corrected chi connectivity index (χ1v) is 7.18. The maximum atomic E-state index is 9.24. The van der Waals surface area contributed by atoms with Crippen molar-refractivity contribution in [2.24, 2.45) is 0 Å². The van der Waals surface area contributed by atoms with E-state index < -0.39 is 0 Å². The largest absolute Gasteiger partial charge is 0.494 e. The van der Waals surface area contributed by atoms with E-state index in [1.165, 1.54) is 5.56 Å². The topological polar surface area (TPSA) is 50.7 Å². The first-order chi connectivity index (χ1) is 9.32. The minimum atomic E-state index is -0.321. The van der Waals surface area contributed by atoms with Gasteiger partial charge in [0.25, 0.3) is 0 Å². The molecule has 1 aromatic rings. The summed E-state index contributed by atoms with van der Waals surface area (Å²) in [6.07, 6.45) is 0.846. The van der Waals surface area contributed by atoms with Crippen molar-refractivity contribution in [1.29, 1.82) is 0 Å². The summed E-state index contributed by atoms with van der Waals surface area (Å²) >= 11 is 0. The number of hydrogen-bond donors (Lipinski definition) is 2. The van der Waals surface area contributed by atoms with Gasteiger partial charge in [0, 0.05) is 5.69 Å². The molecule has 0 spiro atoms. The average Bonchev–Trinajstić information content (AvgIpc) is 2.87. The maximum absolute atomic E-state index is 9.24. The fourth-order valence-corrected chi connectivity index (χ4v) is 2.70. The van der Waals surface area contributed by atoms with E-state index in [1.54, 1.807) is 0 Å². The van der Waals surface area contributed by atoms with Gasteiger partial charge >= 0.3 is 7.12 Å². The molecule has 1 atom stereocenters. The third-order valence-corrected chi connectivity index (χ3v) is 4.70. The van der Waals surface area contributed by atoms with E-state index in [0.29, 0.717) is 0 Å². The molecule has 2 aliphatic rings. The van der Waals surface area contributed by atoms with Crippen molar-refractivity contribution in [3.05, 3.63) is 23.8 Å². The molecule has 1 aromatic carbocycles. The van der Waals surface area contributed by atoms with Crippen molar-refractivity contribution < 1.29 is 14.4 Å². The Hall–Kier alpha value is -1.04. The molecule has 0 aromatic heterocycles. The van der Waals surface area contributed by atoms with E-state index in [1.807, 2.05) is 12.1 Å². The first-order valence-electron chi connectivity index (χ1n) is 7.18. The van der Waals surface area contributed by atoms with Gasteiger partial charge in [0.2, 0.25) is 0 Å². The Morgan fingerprint density at radius 2 is 1.90 bits per heavy atom. The smallest absolute Gasteiger partial charge is 0.399 e. The molecule has 108 valence electrons. The van der Waals surface area contributed by atoms with Gasteiger partial charge in [-0.3, -0.25) is 0 Å². The van der Waals surface area contributed by atoms with Crippen LogP contribution < -0.4 is 10.8 Å². The third kappa shape index (κ3) is 2.14. The van der Waals surface area contributed by atoms with Gasteiger partial charge in [-0.2, -0.15) is 0 Å². The van der Waals surface area contributed by atoms with Gasteiger partial charge in [-0.05, 0) is 51.2 Å². The van der Waals surface area contributed by atoms with Crippen LogP contribution in [0.1, 0.15) is 33.3 Å². The molecule has 0 aliphatic carbocycles. The summed E-state index contributed by atoms with van der Waals surface area (Å²) < 4.78 is 12.1. The van der Waals surface area contributed by atoms with Crippen molar-refractivity contribution >= 4 is 18.3 Å². The van der Waals surface area contributed by atoms with Crippen LogP contribution in [0.5, 0.6) is 0 Å². The molecule has 3 rings (SSSR count). The molecule has 2 aliphatic heterocycles. The first kappa shape index (κ1) is 13.9. The predicted molar refractivity (Wildman–Crippen MR) is 80.4 cm³/mol. The molecule has 5 heteroatoms. The standard InChI is InChI=1S/C15H22BNO3/c1-14(2)15(3,4)20-16(19-14)11-5-6-13-10(7-11)8-12(9-18)17-13/h5-7,12,17-18H,8-9H2,1-4H3/t12-/m0/s1. The second-order valence-corrected chi connectivity index (χ2v) is 6.73. The van der Waals surface area contributed by atoms with E-state index in [9.17, 15) is 5.11 Å². The molecule has 1 fully saturated rings. The zero-order chi connectivity index (χ0) is 14.5. The highest BCUT2D eigenvalue weighted by atomic mass is 16.7. The third-order valence-electron chi connectivity index (χ3n) is 4.70. The van der Waals surface area contributed by atoms with Crippen LogP contribution in [0, 0.1) is 0 Å². The van der Waals surface area contributed by atoms with Crippen molar-refractivity contribution in [2.45, 2.75) is 51.4 Å². The number of hydrogen-bond acceptors (Lipinski definition) is 4. The molecule has 1 saturated heterocycles. The second kappa shape index (κ2) is 4.48. The highest BCUT2D eigenvalue weighted by molar-refractivity contribution is 6.62. The van der Waals surface area contributed by atoms with Crippen LogP contribution in [0.25, 0.3) is 0 Å². The Balaban J connectivity index is 1.84. The number of aliphatic hydroxyl groups excluding tert-OH is 1. The average molecular weight is 275 g/mol. The van der Waals surface area contributed by atoms with Crippen LogP contribution in [0.15, 0.2) is 18.2 Å². The predicted octanol–water partition coefficient (Wildman–Crippen LogP) is 1.31. The summed E-state index contributed by atoms with van der Waals surface area (Å²) in [6.45, 7) is 8.39. The van der Waals surface area contributed by atoms with E-state index in [4.69, 9.17) is 9.31 Å². The van der Waals surface area contributed by atoms with Gasteiger partial charge in [-0.25, -0.2) is 0 Å². The lowest BCUT2D eigenvalue weighted by Gasteiger charge is -2.32. The molecule has 2 N–H and O–H groups in total. The molecule has 0 amide bonds. The van der Waals surface area contributed by atoms with Crippen molar-refractivity contribution in [3.63, 3.8) is 0 Å². The Morgan fingerprint density at radius 1 is 1.25 bits per heavy atom. The summed E-state index contributed by atoms with van der Waals surface area (Å²) in [4.78, 5) is 0. The summed E-state index contributed by atoms with van der Waals surface area (Å²) in [6, 6.07) is 6.33. The Morgan fingerprint density at radius 3 is 2.50 bits per heavy atom. The normalized spacial score (nSPS) is 26.4. The summed E-state index contributed by atoms with van der Waals surface area (Å²) in [7, 11) is -0.321. The monoisotopic (exact) mass is 275 g/mol. The van der Waals surface area contributed by atoms with Crippen molar-refractivity contribution in [3.8, 4) is 0 Å². The molecule has 4 nitrogen and oxygen atoms in total. The highest BCUT2D eigenvalue weighted by Gasteiger charge is 2.51. The van der Waals surface area contributed by atoms with E-state index in [0.717, 1.165) is 17.6 Å². The lowest BCUT2D eigenvalue weighted by atomic mass is 9.78. The number of aliphatic hydroxyl groups is 1. The van der Waals surface area contributed by atoms with E-state index in [2.05, 4.69) is 39.1 Å². The molecular formula is C15H22BNO3. The van der Waals surface area contributed by atoms with Crippen LogP contribution in [-0.2, 0) is 15.7 Å². The molecule has 0 unspecified atom stereocenters. The SMILES string of the molecule is CC1(C)OB(c2ccc3c(c2)C[C@@H](CO)N3)OC1(C)C. The van der Waals surface area contributed by atoms with Gasteiger partial charge in [-0.15, -0.1) is 0 Å². The van der Waals surface area contributed by atoms with Gasteiger partial charge in [0.05, 0.1) is 23.9 Å². The maximum Gasteiger partial charge on any atom is 0.494 e. The Labute approximate surface area is 120 Å². The lowest BCUT2D eigenvalue weighted by Crippen LogP contribution is -2.41. The zero-order valence-electron chi connectivity index (χ0n) is 12.6. The minimum absolute atomic E-state index is 0.124. The second-order valence-electron chi connectivity index (χ2n) is 6.73. The highest BCUT2D eigenvalue weighted by Crippen LogP contribution is 2.37. The van der Waals surface area contributed by atoms with Crippen molar-refractivity contribution in [1.82, 2.24) is 0 Å². The van der Waals surface area contributed by atoms with Gasteiger partial charge < -0.3 is 19.7 Å². The summed E-state index contributed by atoms with van der Waals surface area (Å²) in [5, 5.41) is 12.5. The van der Waals surface area contributed by atoms with Gasteiger partial charge in [0.15, 0.2) is 0 Å². The number of nitrogens with one attached hydrogen (secondary N) is 1. The Kier molecular flexibility index (Phi) is 3.12. The number of anilines is 1. The minimum Gasteiger partial charge on any atom is -0.399 e. The molecular weight excluding hydrogens is 253 g/mol. The number of benzene rings is 1. The van der Waals surface area contributed by atoms with Gasteiger partial charge in [0.1, 0.15) is 0 Å². The van der Waals surface area contributed by atoms with Crippen LogP contribution in [0.4, 0.5) is 5.69 Å². The molecule has 20 heavy (non-hydrogen) atoms. The Bertz CT molecular complexity index is 514. The van der Waals surface area contributed by atoms with Gasteiger partial charge in [-0.1, -0.05) is 12.1 Å². The zero-order valence-corrected chi connectivity index (χ0v) is 12.6. The van der Waals surface area contributed by atoms with Crippen LogP contribution in [0.2, 0.25) is 0 Å². The van der Waals surface area contributed by atoms with E-state index in [-0.39, 0.29) is 31.0 Å². The fourth-order valence-electron chi connectivity index (χ4n) is 2.70. The molecule has 0 radical (unpaired) electrons. The van der Waals surface area contributed by atoms with Crippen LogP contribution in [0.3, 0.4) is 0 Å². The van der Waals surface area contributed by atoms with Crippen molar-refractivity contribution in [2.75, 3.05) is 11.9 Å². The molecule has 0 bridgehead atoms. The number of rotatable bonds is 2. The van der Waals surface area contributed by atoms with E-state index >= 15 is 0 Å².